The van der Waals surface area contributed by atoms with E-state index in [1.165, 1.54) is 11.0 Å². The predicted molar refractivity (Wildman–Crippen MR) is 100.0 cm³/mol. The Hall–Kier alpha value is -2.75. The van der Waals surface area contributed by atoms with Gasteiger partial charge in [-0.1, -0.05) is 0 Å². The van der Waals surface area contributed by atoms with Crippen LogP contribution in [0.5, 0.6) is 5.88 Å². The highest BCUT2D eigenvalue weighted by Crippen LogP contribution is 2.38. The fraction of sp³-hybridized carbons (Fsp3) is 0.500. The zero-order valence-corrected chi connectivity index (χ0v) is 16.0. The minimum absolute atomic E-state index is 0.172. The van der Waals surface area contributed by atoms with E-state index in [-0.39, 0.29) is 23.9 Å². The lowest BCUT2D eigenvalue weighted by atomic mass is 10.1. The lowest BCUT2D eigenvalue weighted by Crippen LogP contribution is -2.54. The molecule has 2 aromatic heterocycles. The fourth-order valence-corrected chi connectivity index (χ4v) is 4.06. The van der Waals surface area contributed by atoms with Crippen molar-refractivity contribution in [2.24, 2.45) is 0 Å². The van der Waals surface area contributed by atoms with Crippen molar-refractivity contribution in [3.63, 3.8) is 0 Å². The number of nitrogens with zero attached hydrogens (tertiary/aromatic N) is 5. The molecule has 2 aromatic rings. The summed E-state index contributed by atoms with van der Waals surface area (Å²) in [5, 5.41) is 0. The number of fused-ring (bicyclic) bond motifs is 1. The van der Waals surface area contributed by atoms with Crippen molar-refractivity contribution in [3.8, 4) is 5.88 Å². The first-order chi connectivity index (χ1) is 14.4. The summed E-state index contributed by atoms with van der Waals surface area (Å²) in [4.78, 5) is 29.0. The molecule has 7 nitrogen and oxygen atoms in total. The monoisotopic (exact) mass is 419 g/mol. The van der Waals surface area contributed by atoms with Gasteiger partial charge in [-0.2, -0.15) is 13.2 Å². The summed E-state index contributed by atoms with van der Waals surface area (Å²) in [6, 6.07) is 1.81. The molecule has 0 spiro atoms. The Morgan fingerprint density at radius 2 is 1.87 bits per heavy atom. The Morgan fingerprint density at radius 1 is 1.03 bits per heavy atom. The van der Waals surface area contributed by atoms with Crippen LogP contribution in [0.1, 0.15) is 36.4 Å². The van der Waals surface area contributed by atoms with Crippen molar-refractivity contribution < 1.29 is 22.7 Å². The van der Waals surface area contributed by atoms with E-state index in [2.05, 4.69) is 15.0 Å². The largest absolute Gasteiger partial charge is 0.472 e. The van der Waals surface area contributed by atoms with Crippen LogP contribution in [0.2, 0.25) is 0 Å². The third kappa shape index (κ3) is 3.71. The minimum atomic E-state index is -4.45. The molecule has 2 atom stereocenters. The van der Waals surface area contributed by atoms with Crippen LogP contribution in [-0.4, -0.2) is 57.5 Å². The average molecular weight is 419 g/mol. The number of carbonyl (C=O) groups excluding carboxylic acids is 1. The summed E-state index contributed by atoms with van der Waals surface area (Å²) in [7, 11) is 0. The maximum Gasteiger partial charge on any atom is 0.417 e. The molecule has 2 aliphatic heterocycles. The van der Waals surface area contributed by atoms with Crippen molar-refractivity contribution in [2.45, 2.75) is 43.5 Å². The van der Waals surface area contributed by atoms with E-state index < -0.39 is 11.7 Å². The second kappa shape index (κ2) is 7.19. The van der Waals surface area contributed by atoms with Crippen LogP contribution in [0, 0.1) is 0 Å². The second-order valence-electron chi connectivity index (χ2n) is 7.93. The fourth-order valence-electron chi connectivity index (χ4n) is 4.06. The molecule has 0 radical (unpaired) electrons. The van der Waals surface area contributed by atoms with E-state index in [1.54, 1.807) is 12.4 Å². The molecule has 1 aliphatic carbocycles. The van der Waals surface area contributed by atoms with E-state index in [1.807, 2.05) is 4.90 Å². The van der Waals surface area contributed by atoms with Crippen molar-refractivity contribution in [2.75, 3.05) is 24.5 Å². The number of piperazine rings is 1. The Morgan fingerprint density at radius 3 is 2.50 bits per heavy atom. The Bertz CT molecular complexity index is 931. The number of hydrogen-bond donors (Lipinski definition) is 0. The van der Waals surface area contributed by atoms with Gasteiger partial charge in [-0.3, -0.25) is 19.6 Å². The van der Waals surface area contributed by atoms with Gasteiger partial charge in [-0.25, -0.2) is 9.97 Å². The summed E-state index contributed by atoms with van der Waals surface area (Å²) >= 11 is 0. The number of carbonyl (C=O) groups is 1. The quantitative estimate of drug-likeness (QED) is 0.759. The topological polar surface area (TPSA) is 71.5 Å². The smallest absolute Gasteiger partial charge is 0.417 e. The van der Waals surface area contributed by atoms with E-state index in [0.29, 0.717) is 37.9 Å². The summed E-state index contributed by atoms with van der Waals surface area (Å²) in [6.07, 6.45) is 2.29. The zero-order chi connectivity index (χ0) is 20.9. The Kier molecular flexibility index (Phi) is 4.61. The number of alkyl halides is 3. The first-order valence-electron chi connectivity index (χ1n) is 9.96. The number of hydrogen-bond acceptors (Lipinski definition) is 6. The van der Waals surface area contributed by atoms with Gasteiger partial charge in [0.2, 0.25) is 11.8 Å². The molecule has 30 heavy (non-hydrogen) atoms. The van der Waals surface area contributed by atoms with Gasteiger partial charge in [0.25, 0.3) is 0 Å². The van der Waals surface area contributed by atoms with E-state index >= 15 is 0 Å². The molecule has 0 N–H and O–H groups in total. The molecule has 1 saturated carbocycles. The molecule has 10 heteroatoms. The van der Waals surface area contributed by atoms with Crippen LogP contribution in [-0.2, 0) is 11.0 Å². The average Bonchev–Trinajstić information content (AvgIpc) is 3.49. The molecule has 3 fully saturated rings. The van der Waals surface area contributed by atoms with Gasteiger partial charge in [0.05, 0.1) is 29.7 Å². The van der Waals surface area contributed by atoms with Crippen LogP contribution in [0.15, 0.2) is 30.7 Å². The first kappa shape index (κ1) is 19.2. The number of anilines is 1. The summed E-state index contributed by atoms with van der Waals surface area (Å²) < 4.78 is 44.2. The van der Waals surface area contributed by atoms with Gasteiger partial charge in [0.15, 0.2) is 0 Å². The van der Waals surface area contributed by atoms with Crippen LogP contribution in [0.25, 0.3) is 0 Å². The summed E-state index contributed by atoms with van der Waals surface area (Å²) in [5.41, 5.74) is 0.154. The SMILES string of the molecule is O=C1[C@H]2C[C@@H](Oc3cnc(C4CC4)cn3)CN2CCN1c1ccc(C(F)(F)F)cn1. The number of halogens is 3. The molecule has 158 valence electrons. The normalized spacial score (nSPS) is 24.8. The molecular formula is C20H20F3N5O2. The number of pyridine rings is 1. The molecule has 4 heterocycles. The Balaban J connectivity index is 1.24. The van der Waals surface area contributed by atoms with E-state index in [0.717, 1.165) is 30.8 Å². The van der Waals surface area contributed by atoms with Gasteiger partial charge in [-0.05, 0) is 25.0 Å². The summed E-state index contributed by atoms with van der Waals surface area (Å²) in [6.45, 7) is 1.57. The highest BCUT2D eigenvalue weighted by Gasteiger charge is 2.44. The Labute approximate surface area is 170 Å². The number of aromatic nitrogens is 3. The van der Waals surface area contributed by atoms with Gasteiger partial charge in [0.1, 0.15) is 11.9 Å². The molecule has 0 unspecified atom stereocenters. The van der Waals surface area contributed by atoms with Crippen molar-refractivity contribution in [1.82, 2.24) is 19.9 Å². The lowest BCUT2D eigenvalue weighted by molar-refractivity contribution is -0.137. The molecule has 5 rings (SSSR count). The van der Waals surface area contributed by atoms with Gasteiger partial charge < -0.3 is 4.74 Å². The summed E-state index contributed by atoms with van der Waals surface area (Å²) in [5.74, 6) is 1.03. The van der Waals surface area contributed by atoms with Crippen molar-refractivity contribution >= 4 is 11.7 Å². The number of amides is 1. The third-order valence-electron chi connectivity index (χ3n) is 5.81. The first-order valence-corrected chi connectivity index (χ1v) is 9.96. The van der Waals surface area contributed by atoms with E-state index in [4.69, 9.17) is 4.74 Å². The number of rotatable bonds is 4. The highest BCUT2D eigenvalue weighted by atomic mass is 19.4. The maximum absolute atomic E-state index is 13.0. The standard InChI is InChI=1S/C20H20F3N5O2/c21-20(22,23)13-3-4-17(25-8-13)28-6-5-27-11-14(7-16(27)19(28)29)30-18-10-24-15(9-26-18)12-1-2-12/h3-4,8-10,12,14,16H,1-2,5-7,11H2/t14-,16-/m1/s1. The maximum atomic E-state index is 13.0. The van der Waals surface area contributed by atoms with Crippen LogP contribution in [0.3, 0.4) is 0 Å². The lowest BCUT2D eigenvalue weighted by Gasteiger charge is -2.35. The van der Waals surface area contributed by atoms with Crippen LogP contribution in [0.4, 0.5) is 19.0 Å². The third-order valence-corrected chi connectivity index (χ3v) is 5.81. The molecular weight excluding hydrogens is 399 g/mol. The molecule has 0 aromatic carbocycles. The minimum Gasteiger partial charge on any atom is -0.472 e. The zero-order valence-electron chi connectivity index (χ0n) is 16.0. The van der Waals surface area contributed by atoms with Crippen LogP contribution < -0.4 is 9.64 Å². The van der Waals surface area contributed by atoms with Crippen molar-refractivity contribution in [1.29, 1.82) is 0 Å². The molecule has 2 saturated heterocycles. The van der Waals surface area contributed by atoms with Crippen molar-refractivity contribution in [3.05, 3.63) is 42.0 Å². The number of ether oxygens (including phenoxy) is 1. The van der Waals surface area contributed by atoms with Gasteiger partial charge in [0, 0.05) is 38.2 Å². The molecule has 3 aliphatic rings. The predicted octanol–water partition coefficient (Wildman–Crippen LogP) is 2.64. The second-order valence-corrected chi connectivity index (χ2v) is 7.93. The molecule has 1 amide bonds. The van der Waals surface area contributed by atoms with Gasteiger partial charge in [-0.15, -0.1) is 0 Å². The van der Waals surface area contributed by atoms with Crippen LogP contribution >= 0.6 is 0 Å². The highest BCUT2D eigenvalue weighted by molar-refractivity contribution is 5.97. The van der Waals surface area contributed by atoms with E-state index in [9.17, 15) is 18.0 Å². The van der Waals surface area contributed by atoms with Gasteiger partial charge >= 0.3 is 6.18 Å². The molecule has 0 bridgehead atoms.